The van der Waals surface area contributed by atoms with Crippen LogP contribution in [-0.2, 0) is 16.0 Å². The highest BCUT2D eigenvalue weighted by Gasteiger charge is 2.31. The first-order valence-corrected chi connectivity index (χ1v) is 8.01. The minimum Gasteiger partial charge on any atom is -0.363 e. The van der Waals surface area contributed by atoms with Gasteiger partial charge in [0.2, 0.25) is 0 Å². The van der Waals surface area contributed by atoms with E-state index in [1.165, 1.54) is 12.0 Å². The molecule has 114 valence electrons. The Morgan fingerprint density at radius 2 is 2.29 bits per heavy atom. The van der Waals surface area contributed by atoms with Crippen molar-refractivity contribution in [1.82, 2.24) is 10.2 Å². The van der Waals surface area contributed by atoms with Crippen molar-refractivity contribution >= 4 is 5.91 Å². The van der Waals surface area contributed by atoms with Crippen LogP contribution in [0.2, 0.25) is 0 Å². The molecule has 2 aliphatic heterocycles. The van der Waals surface area contributed by atoms with E-state index >= 15 is 0 Å². The van der Waals surface area contributed by atoms with Gasteiger partial charge in [-0.1, -0.05) is 24.3 Å². The van der Waals surface area contributed by atoms with Gasteiger partial charge in [-0.3, -0.25) is 4.79 Å². The molecule has 1 fully saturated rings. The van der Waals surface area contributed by atoms with Crippen LogP contribution < -0.4 is 5.32 Å². The number of nitrogens with one attached hydrogen (secondary N) is 1. The molecule has 2 aliphatic rings. The number of rotatable bonds is 4. The molecule has 4 nitrogen and oxygen atoms in total. The molecule has 0 saturated carbocycles. The topological polar surface area (TPSA) is 41.6 Å². The van der Waals surface area contributed by atoms with Gasteiger partial charge in [0, 0.05) is 19.1 Å². The molecule has 2 heterocycles. The summed E-state index contributed by atoms with van der Waals surface area (Å²) in [4.78, 5) is 14.8. The van der Waals surface area contributed by atoms with Gasteiger partial charge in [-0.25, -0.2) is 0 Å². The number of benzene rings is 1. The first-order chi connectivity index (χ1) is 10.3. The molecule has 0 radical (unpaired) electrons. The molecular weight excluding hydrogens is 264 g/mol. The van der Waals surface area contributed by atoms with Crippen molar-refractivity contribution in [2.75, 3.05) is 26.2 Å². The molecule has 1 N–H and O–H groups in total. The fourth-order valence-electron chi connectivity index (χ4n) is 3.32. The van der Waals surface area contributed by atoms with Crippen molar-refractivity contribution in [2.45, 2.75) is 38.3 Å². The van der Waals surface area contributed by atoms with Crippen molar-refractivity contribution in [3.63, 3.8) is 0 Å². The zero-order valence-corrected chi connectivity index (χ0v) is 12.7. The number of ether oxygens (including phenoxy) is 1. The normalized spacial score (nSPS) is 24.6. The SMILES string of the molecule is CCN(CC1CCCN1)C(=O)C1OCCc2ccccc21. The Labute approximate surface area is 126 Å². The highest BCUT2D eigenvalue weighted by atomic mass is 16.5. The summed E-state index contributed by atoms with van der Waals surface area (Å²) in [6, 6.07) is 8.59. The van der Waals surface area contributed by atoms with Gasteiger partial charge in [0.15, 0.2) is 6.10 Å². The molecule has 3 rings (SSSR count). The van der Waals surface area contributed by atoms with E-state index in [9.17, 15) is 4.79 Å². The fraction of sp³-hybridized carbons (Fsp3) is 0.588. The van der Waals surface area contributed by atoms with Gasteiger partial charge < -0.3 is 15.0 Å². The number of carbonyl (C=O) groups is 1. The molecule has 0 aromatic heterocycles. The maximum Gasteiger partial charge on any atom is 0.256 e. The molecule has 4 heteroatoms. The third-order valence-corrected chi connectivity index (χ3v) is 4.51. The lowest BCUT2D eigenvalue weighted by molar-refractivity contribution is -0.145. The van der Waals surface area contributed by atoms with Crippen LogP contribution in [0.25, 0.3) is 0 Å². The van der Waals surface area contributed by atoms with Crippen LogP contribution in [-0.4, -0.2) is 43.1 Å². The van der Waals surface area contributed by atoms with Gasteiger partial charge in [0.05, 0.1) is 6.61 Å². The van der Waals surface area contributed by atoms with Crippen LogP contribution in [0.4, 0.5) is 0 Å². The van der Waals surface area contributed by atoms with E-state index in [1.54, 1.807) is 0 Å². The van der Waals surface area contributed by atoms with Crippen LogP contribution in [0.5, 0.6) is 0 Å². The van der Waals surface area contributed by atoms with E-state index in [0.29, 0.717) is 12.6 Å². The van der Waals surface area contributed by atoms with Crippen LogP contribution in [0.1, 0.15) is 37.0 Å². The Hall–Kier alpha value is -1.39. The molecule has 1 aromatic carbocycles. The van der Waals surface area contributed by atoms with Crippen molar-refractivity contribution < 1.29 is 9.53 Å². The Morgan fingerprint density at radius 1 is 1.43 bits per heavy atom. The molecule has 0 aliphatic carbocycles. The van der Waals surface area contributed by atoms with Crippen LogP contribution in [0.15, 0.2) is 24.3 Å². The summed E-state index contributed by atoms with van der Waals surface area (Å²) in [5.41, 5.74) is 2.30. The largest absolute Gasteiger partial charge is 0.363 e. The maximum atomic E-state index is 12.9. The highest BCUT2D eigenvalue weighted by Crippen LogP contribution is 2.28. The minimum atomic E-state index is -0.420. The van der Waals surface area contributed by atoms with Gasteiger partial charge in [0.1, 0.15) is 0 Å². The lowest BCUT2D eigenvalue weighted by Gasteiger charge is -2.31. The average molecular weight is 288 g/mol. The maximum absolute atomic E-state index is 12.9. The lowest BCUT2D eigenvalue weighted by atomic mass is 9.96. The van der Waals surface area contributed by atoms with Gasteiger partial charge in [-0.15, -0.1) is 0 Å². The first kappa shape index (κ1) is 14.5. The minimum absolute atomic E-state index is 0.110. The van der Waals surface area contributed by atoms with E-state index < -0.39 is 6.10 Å². The predicted octanol–water partition coefficient (Wildman–Crippen LogP) is 1.90. The molecule has 0 spiro atoms. The van der Waals surface area contributed by atoms with Crippen LogP contribution in [0, 0.1) is 0 Å². The number of likely N-dealkylation sites (N-methyl/N-ethyl adjacent to an activating group) is 1. The second-order valence-corrected chi connectivity index (χ2v) is 5.87. The van der Waals surface area contributed by atoms with Crippen molar-refractivity contribution in [1.29, 1.82) is 0 Å². The van der Waals surface area contributed by atoms with E-state index in [4.69, 9.17) is 4.74 Å². The molecule has 2 atom stereocenters. The van der Waals surface area contributed by atoms with Crippen LogP contribution >= 0.6 is 0 Å². The van der Waals surface area contributed by atoms with E-state index in [0.717, 1.165) is 38.0 Å². The Bertz CT molecular complexity index is 497. The molecule has 2 unspecified atom stereocenters. The number of nitrogens with zero attached hydrogens (tertiary/aromatic N) is 1. The molecular formula is C17H24N2O2. The molecule has 21 heavy (non-hydrogen) atoms. The number of amides is 1. The molecule has 1 amide bonds. The molecule has 1 saturated heterocycles. The zero-order chi connectivity index (χ0) is 14.7. The van der Waals surface area contributed by atoms with Gasteiger partial charge >= 0.3 is 0 Å². The summed E-state index contributed by atoms with van der Waals surface area (Å²) in [5.74, 6) is 0.110. The first-order valence-electron chi connectivity index (χ1n) is 8.01. The standard InChI is InChI=1S/C17H24N2O2/c1-2-19(12-14-7-5-10-18-14)17(20)16-15-8-4-3-6-13(15)9-11-21-16/h3-4,6,8,14,16,18H,2,5,7,9-12H2,1H3. The smallest absolute Gasteiger partial charge is 0.256 e. The number of hydrogen-bond donors (Lipinski definition) is 1. The second-order valence-electron chi connectivity index (χ2n) is 5.87. The van der Waals surface area contributed by atoms with E-state index in [-0.39, 0.29) is 5.91 Å². The van der Waals surface area contributed by atoms with Gasteiger partial charge in [-0.2, -0.15) is 0 Å². The Balaban J connectivity index is 1.74. The second kappa shape index (κ2) is 6.58. The number of carbonyl (C=O) groups excluding carboxylic acids is 1. The summed E-state index contributed by atoms with van der Waals surface area (Å²) < 4.78 is 5.80. The average Bonchev–Trinajstić information content (AvgIpc) is 3.04. The molecule has 1 aromatic rings. The highest BCUT2D eigenvalue weighted by molar-refractivity contribution is 5.83. The lowest BCUT2D eigenvalue weighted by Crippen LogP contribution is -2.44. The Morgan fingerprint density at radius 3 is 3.05 bits per heavy atom. The van der Waals surface area contributed by atoms with Crippen LogP contribution in [0.3, 0.4) is 0 Å². The molecule has 0 bridgehead atoms. The number of hydrogen-bond acceptors (Lipinski definition) is 3. The Kier molecular flexibility index (Phi) is 4.56. The summed E-state index contributed by atoms with van der Waals surface area (Å²) in [6.07, 6.45) is 2.85. The summed E-state index contributed by atoms with van der Waals surface area (Å²) in [7, 11) is 0. The quantitative estimate of drug-likeness (QED) is 0.920. The van der Waals surface area contributed by atoms with E-state index in [1.807, 2.05) is 30.0 Å². The summed E-state index contributed by atoms with van der Waals surface area (Å²) in [6.45, 7) is 5.27. The third kappa shape index (κ3) is 3.11. The number of fused-ring (bicyclic) bond motifs is 1. The predicted molar refractivity (Wildman–Crippen MR) is 82.1 cm³/mol. The van der Waals surface area contributed by atoms with E-state index in [2.05, 4.69) is 11.4 Å². The van der Waals surface area contributed by atoms with Gasteiger partial charge in [-0.05, 0) is 43.9 Å². The van der Waals surface area contributed by atoms with Crippen molar-refractivity contribution in [3.05, 3.63) is 35.4 Å². The van der Waals surface area contributed by atoms with Crippen molar-refractivity contribution in [2.24, 2.45) is 0 Å². The zero-order valence-electron chi connectivity index (χ0n) is 12.7. The summed E-state index contributed by atoms with van der Waals surface area (Å²) >= 11 is 0. The summed E-state index contributed by atoms with van der Waals surface area (Å²) in [5, 5.41) is 3.46. The monoisotopic (exact) mass is 288 g/mol. The fourth-order valence-corrected chi connectivity index (χ4v) is 3.32. The van der Waals surface area contributed by atoms with Crippen molar-refractivity contribution in [3.8, 4) is 0 Å². The third-order valence-electron chi connectivity index (χ3n) is 4.51. The van der Waals surface area contributed by atoms with Gasteiger partial charge in [0.25, 0.3) is 5.91 Å².